The molecule has 0 amide bonds. The van der Waals surface area contributed by atoms with Crippen molar-refractivity contribution in [3.63, 3.8) is 0 Å². The largest absolute Gasteiger partial charge is 0.485 e. The van der Waals surface area contributed by atoms with E-state index in [2.05, 4.69) is 34.1 Å². The average Bonchev–Trinajstić information content (AvgIpc) is 3.43. The summed E-state index contributed by atoms with van der Waals surface area (Å²) in [6, 6.07) is 14.6. The van der Waals surface area contributed by atoms with Crippen LogP contribution in [0.2, 0.25) is 5.02 Å². The van der Waals surface area contributed by atoms with E-state index in [1.54, 1.807) is 13.1 Å². The highest BCUT2D eigenvalue weighted by atomic mass is 35.5. The first kappa shape index (κ1) is 26.5. The van der Waals surface area contributed by atoms with E-state index in [1.807, 2.05) is 25.1 Å². The number of benzene rings is 2. The lowest BCUT2D eigenvalue weighted by atomic mass is 9.91. The number of fused-ring (bicyclic) bond motifs is 1. The number of carbonyl (C=O) groups is 1. The third-order valence-corrected chi connectivity index (χ3v) is 7.85. The molecule has 38 heavy (non-hydrogen) atoms. The Labute approximate surface area is 229 Å². The number of carboxylic acids is 1. The quantitative estimate of drug-likeness (QED) is 0.328. The van der Waals surface area contributed by atoms with E-state index < -0.39 is 11.9 Å². The summed E-state index contributed by atoms with van der Waals surface area (Å²) < 4.78 is 12.2. The highest BCUT2D eigenvalue weighted by Gasteiger charge is 2.25. The Morgan fingerprint density at radius 2 is 2.00 bits per heavy atom. The van der Waals surface area contributed by atoms with Gasteiger partial charge in [-0.25, -0.2) is 4.98 Å². The van der Waals surface area contributed by atoms with E-state index >= 15 is 0 Å². The van der Waals surface area contributed by atoms with Crippen LogP contribution in [-0.2, 0) is 24.2 Å². The normalized spacial score (nSPS) is 18.0. The molecule has 7 heteroatoms. The molecule has 1 unspecified atom stereocenters. The molecule has 0 spiro atoms. The van der Waals surface area contributed by atoms with E-state index in [4.69, 9.17) is 21.1 Å². The molecule has 6 nitrogen and oxygen atoms in total. The van der Waals surface area contributed by atoms with Crippen LogP contribution in [-0.4, -0.2) is 40.7 Å². The lowest BCUT2D eigenvalue weighted by Crippen LogP contribution is -2.20. The summed E-state index contributed by atoms with van der Waals surface area (Å²) in [6.45, 7) is 7.28. The second-order valence-corrected chi connectivity index (χ2v) is 10.8. The number of pyridine rings is 1. The molecule has 1 aromatic heterocycles. The van der Waals surface area contributed by atoms with Gasteiger partial charge in [0, 0.05) is 18.2 Å². The fourth-order valence-corrected chi connectivity index (χ4v) is 5.66. The summed E-state index contributed by atoms with van der Waals surface area (Å²) in [4.78, 5) is 18.1. The molecule has 200 valence electrons. The highest BCUT2D eigenvalue weighted by Crippen LogP contribution is 2.39. The molecule has 0 aliphatic carbocycles. The van der Waals surface area contributed by atoms with Crippen LogP contribution in [0.25, 0.3) is 11.1 Å². The minimum Gasteiger partial charge on any atom is -0.485 e. The van der Waals surface area contributed by atoms with Gasteiger partial charge in [0.15, 0.2) is 0 Å². The zero-order valence-corrected chi connectivity index (χ0v) is 22.8. The van der Waals surface area contributed by atoms with Gasteiger partial charge in [0.2, 0.25) is 5.88 Å². The zero-order chi connectivity index (χ0) is 26.6. The number of aliphatic carboxylic acids is 1. The number of ether oxygens (including phenoxy) is 2. The second kappa shape index (κ2) is 11.7. The third kappa shape index (κ3) is 5.97. The van der Waals surface area contributed by atoms with E-state index in [0.29, 0.717) is 23.9 Å². The van der Waals surface area contributed by atoms with Crippen molar-refractivity contribution >= 4 is 17.6 Å². The molecule has 2 aliphatic heterocycles. The average molecular weight is 535 g/mol. The van der Waals surface area contributed by atoms with Crippen LogP contribution >= 0.6 is 11.6 Å². The lowest BCUT2D eigenvalue weighted by molar-refractivity contribution is -0.141. The summed E-state index contributed by atoms with van der Waals surface area (Å²) >= 11 is 6.64. The first-order chi connectivity index (χ1) is 18.4. The molecule has 5 rings (SSSR count). The molecule has 2 aliphatic rings. The molecular weight excluding hydrogens is 500 g/mol. The van der Waals surface area contributed by atoms with Crippen LogP contribution in [0.4, 0.5) is 0 Å². The predicted octanol–water partition coefficient (Wildman–Crippen LogP) is 6.73. The maximum absolute atomic E-state index is 11.3. The maximum atomic E-state index is 11.3. The van der Waals surface area contributed by atoms with Crippen LogP contribution in [0.15, 0.2) is 48.7 Å². The van der Waals surface area contributed by atoms with Gasteiger partial charge in [0.1, 0.15) is 11.9 Å². The monoisotopic (exact) mass is 534 g/mol. The number of nitrogens with zero attached hydrogens (tertiary/aromatic N) is 2. The molecule has 0 radical (unpaired) electrons. The van der Waals surface area contributed by atoms with Gasteiger partial charge in [-0.2, -0.15) is 0 Å². The van der Waals surface area contributed by atoms with E-state index in [1.165, 1.54) is 24.0 Å². The lowest BCUT2D eigenvalue weighted by Gasteiger charge is -2.28. The summed E-state index contributed by atoms with van der Waals surface area (Å²) in [7, 11) is 0. The molecule has 2 aromatic carbocycles. The number of hydrogen-bond acceptors (Lipinski definition) is 5. The fraction of sp³-hybridized carbons (Fsp3) is 0.419. The number of carboxylic acid groups (broad SMARTS) is 1. The smallest absolute Gasteiger partial charge is 0.306 e. The van der Waals surface area contributed by atoms with Crippen LogP contribution in [0.1, 0.15) is 61.5 Å². The van der Waals surface area contributed by atoms with Crippen LogP contribution in [0, 0.1) is 5.92 Å². The van der Waals surface area contributed by atoms with E-state index in [9.17, 15) is 9.90 Å². The highest BCUT2D eigenvalue weighted by molar-refractivity contribution is 6.33. The Bertz CT molecular complexity index is 1310. The summed E-state index contributed by atoms with van der Waals surface area (Å²) in [5.41, 5.74) is 6.55. The third-order valence-electron chi connectivity index (χ3n) is 7.55. The maximum Gasteiger partial charge on any atom is 0.306 e. The molecule has 3 heterocycles. The van der Waals surface area contributed by atoms with Gasteiger partial charge in [0.05, 0.1) is 23.7 Å². The standard InChI is InChI=1S/C31H35ClN2O4/c1-3-37-30-17-26(27(32)18-33-30)25-10-8-23(16-24(25)19-34-12-4-5-13-34)28-11-9-22-7-6-21(15-29(22)38-28)14-20(2)31(35)36/h6-8,10,15-18,20,28H,3-5,9,11-14,19H2,1-2H3,(H,35,36)/t20-,28?/m0/s1. The molecule has 3 aromatic rings. The Kier molecular flexibility index (Phi) is 8.20. The van der Waals surface area contributed by atoms with Crippen molar-refractivity contribution in [3.05, 3.63) is 75.9 Å². The van der Waals surface area contributed by atoms with Crippen LogP contribution in [0.5, 0.6) is 11.6 Å². The van der Waals surface area contributed by atoms with Crippen molar-refractivity contribution in [1.29, 1.82) is 0 Å². The number of likely N-dealkylation sites (tertiary alicyclic amines) is 1. The molecule has 1 saturated heterocycles. The van der Waals surface area contributed by atoms with Gasteiger partial charge in [-0.05, 0) is 86.0 Å². The van der Waals surface area contributed by atoms with Crippen molar-refractivity contribution in [3.8, 4) is 22.8 Å². The van der Waals surface area contributed by atoms with Gasteiger partial charge >= 0.3 is 5.97 Å². The van der Waals surface area contributed by atoms with Gasteiger partial charge in [0.25, 0.3) is 0 Å². The van der Waals surface area contributed by atoms with Crippen molar-refractivity contribution in [2.75, 3.05) is 19.7 Å². The molecule has 0 bridgehead atoms. The number of rotatable bonds is 9. The molecule has 0 saturated carbocycles. The van der Waals surface area contributed by atoms with Crippen LogP contribution < -0.4 is 9.47 Å². The van der Waals surface area contributed by atoms with Gasteiger partial charge < -0.3 is 14.6 Å². The Hall–Kier alpha value is -3.09. The minimum absolute atomic E-state index is 0.0621. The van der Waals surface area contributed by atoms with Crippen LogP contribution in [0.3, 0.4) is 0 Å². The summed E-state index contributed by atoms with van der Waals surface area (Å²) in [6.07, 6.45) is 6.36. The Morgan fingerprint density at radius 3 is 2.76 bits per heavy atom. The number of hydrogen-bond donors (Lipinski definition) is 1. The van der Waals surface area contributed by atoms with E-state index in [0.717, 1.165) is 60.5 Å². The number of halogens is 1. The molecule has 2 atom stereocenters. The van der Waals surface area contributed by atoms with Gasteiger partial charge in [-0.15, -0.1) is 0 Å². The molecule has 1 fully saturated rings. The minimum atomic E-state index is -0.783. The topological polar surface area (TPSA) is 71.9 Å². The predicted molar refractivity (Wildman–Crippen MR) is 149 cm³/mol. The van der Waals surface area contributed by atoms with Crippen molar-refractivity contribution in [2.45, 2.75) is 58.6 Å². The van der Waals surface area contributed by atoms with Gasteiger partial charge in [-0.3, -0.25) is 9.69 Å². The van der Waals surface area contributed by atoms with Gasteiger partial charge in [-0.1, -0.05) is 48.9 Å². The summed E-state index contributed by atoms with van der Waals surface area (Å²) in [5.74, 6) is 0.217. The second-order valence-electron chi connectivity index (χ2n) is 10.4. The van der Waals surface area contributed by atoms with Crippen molar-refractivity contribution in [2.24, 2.45) is 5.92 Å². The number of aryl methyl sites for hydroxylation is 1. The van der Waals surface area contributed by atoms with Crippen molar-refractivity contribution < 1.29 is 19.4 Å². The fourth-order valence-electron chi connectivity index (χ4n) is 5.46. The SMILES string of the molecule is CCOc1cc(-c2ccc(C3CCc4ccc(C[C@H](C)C(=O)O)cc4O3)cc2CN2CCCC2)c(Cl)cn1. The first-order valence-electron chi connectivity index (χ1n) is 13.6. The number of aromatic nitrogens is 1. The molecular formula is C31H35ClN2O4. The zero-order valence-electron chi connectivity index (χ0n) is 22.1. The Balaban J connectivity index is 1.45. The Morgan fingerprint density at radius 1 is 1.18 bits per heavy atom. The molecule has 1 N–H and O–H groups in total. The van der Waals surface area contributed by atoms with E-state index in [-0.39, 0.29) is 6.10 Å². The first-order valence-corrected chi connectivity index (χ1v) is 13.9. The van der Waals surface area contributed by atoms with Crippen molar-refractivity contribution in [1.82, 2.24) is 9.88 Å². The summed E-state index contributed by atoms with van der Waals surface area (Å²) in [5, 5.41) is 9.92.